The lowest BCUT2D eigenvalue weighted by atomic mass is 10.1. The summed E-state index contributed by atoms with van der Waals surface area (Å²) >= 11 is 7.62. The summed E-state index contributed by atoms with van der Waals surface area (Å²) in [5.41, 5.74) is 1.83. The average Bonchev–Trinajstić information content (AvgIpc) is 3.40. The molecule has 0 saturated heterocycles. The monoisotopic (exact) mass is 423 g/mol. The molecule has 2 aromatic heterocycles. The molecule has 1 N–H and O–H groups in total. The van der Waals surface area contributed by atoms with E-state index in [9.17, 15) is 4.79 Å². The topological polar surface area (TPSA) is 68.0 Å². The smallest absolute Gasteiger partial charge is 0.249 e. The van der Waals surface area contributed by atoms with Crippen molar-refractivity contribution in [3.05, 3.63) is 93.5 Å². The number of aromatic nitrogens is 2. The van der Waals surface area contributed by atoms with E-state index in [0.717, 1.165) is 16.0 Å². The first-order valence-electron chi connectivity index (χ1n) is 9.12. The van der Waals surface area contributed by atoms with Gasteiger partial charge in [-0.2, -0.15) is 4.98 Å². The second-order valence-electron chi connectivity index (χ2n) is 6.53. The van der Waals surface area contributed by atoms with Gasteiger partial charge in [0, 0.05) is 21.9 Å². The lowest BCUT2D eigenvalue weighted by molar-refractivity contribution is -0.121. The largest absolute Gasteiger partial charge is 0.344 e. The van der Waals surface area contributed by atoms with E-state index in [1.807, 2.05) is 60.0 Å². The quantitative estimate of drug-likeness (QED) is 0.449. The molecule has 4 aromatic rings. The molecular formula is C22H18ClN3O2S. The highest BCUT2D eigenvalue weighted by atomic mass is 35.5. The Kier molecular flexibility index (Phi) is 6.03. The molecule has 4 rings (SSSR count). The van der Waals surface area contributed by atoms with Crippen LogP contribution in [0.25, 0.3) is 11.4 Å². The summed E-state index contributed by atoms with van der Waals surface area (Å²) in [5.74, 6) is 0.715. The van der Waals surface area contributed by atoms with Crippen molar-refractivity contribution >= 4 is 28.8 Å². The van der Waals surface area contributed by atoms with Gasteiger partial charge in [-0.05, 0) is 29.1 Å². The zero-order valence-electron chi connectivity index (χ0n) is 15.4. The molecule has 1 amide bonds. The van der Waals surface area contributed by atoms with Crippen LogP contribution in [0.1, 0.15) is 22.4 Å². The fraction of sp³-hybridized carbons (Fsp3) is 0.136. The molecule has 0 saturated carbocycles. The van der Waals surface area contributed by atoms with Gasteiger partial charge in [0.1, 0.15) is 6.04 Å². The number of carbonyl (C=O) groups is 1. The molecule has 1 atom stereocenters. The van der Waals surface area contributed by atoms with Gasteiger partial charge in [0.05, 0.1) is 6.42 Å². The molecule has 0 spiro atoms. The minimum absolute atomic E-state index is 0.0871. The Hall–Kier alpha value is -2.96. The van der Waals surface area contributed by atoms with Crippen molar-refractivity contribution in [3.63, 3.8) is 0 Å². The third kappa shape index (κ3) is 5.10. The van der Waals surface area contributed by atoms with Crippen molar-refractivity contribution in [2.24, 2.45) is 0 Å². The SMILES string of the molecule is O=C(Cc1cccs1)NC(Cc1ccccc1)c1nc(-c2cccc(Cl)c2)no1. The standard InChI is InChI=1S/C22H18ClN3O2S/c23-17-9-4-8-16(13-17)21-25-22(28-26-21)19(12-15-6-2-1-3-7-15)24-20(27)14-18-10-5-11-29-18/h1-11,13,19H,12,14H2,(H,24,27). The first kappa shape index (κ1) is 19.4. The summed E-state index contributed by atoms with van der Waals surface area (Å²) in [6, 6.07) is 20.6. The molecule has 0 aliphatic carbocycles. The Balaban J connectivity index is 1.57. The number of nitrogens with zero attached hydrogens (tertiary/aromatic N) is 2. The number of carbonyl (C=O) groups excluding carboxylic acids is 1. The predicted octanol–water partition coefficient (Wildman–Crippen LogP) is 5.09. The molecule has 1 unspecified atom stereocenters. The molecule has 0 aliphatic rings. The summed E-state index contributed by atoms with van der Waals surface area (Å²) in [6.45, 7) is 0. The molecule has 0 radical (unpaired) electrons. The lowest BCUT2D eigenvalue weighted by Crippen LogP contribution is -2.31. The van der Waals surface area contributed by atoms with Gasteiger partial charge in [0.2, 0.25) is 17.6 Å². The second-order valence-corrected chi connectivity index (χ2v) is 8.00. The van der Waals surface area contributed by atoms with Crippen LogP contribution in [-0.2, 0) is 17.6 Å². The van der Waals surface area contributed by atoms with Gasteiger partial charge in [-0.15, -0.1) is 11.3 Å². The Bertz CT molecular complexity index is 1080. The third-order valence-electron chi connectivity index (χ3n) is 4.36. The fourth-order valence-electron chi connectivity index (χ4n) is 2.99. The average molecular weight is 424 g/mol. The van der Waals surface area contributed by atoms with Gasteiger partial charge >= 0.3 is 0 Å². The van der Waals surface area contributed by atoms with E-state index in [-0.39, 0.29) is 5.91 Å². The maximum absolute atomic E-state index is 12.6. The summed E-state index contributed by atoms with van der Waals surface area (Å²) in [6.07, 6.45) is 0.868. The van der Waals surface area contributed by atoms with E-state index >= 15 is 0 Å². The molecule has 7 heteroatoms. The predicted molar refractivity (Wildman–Crippen MR) is 114 cm³/mol. The molecule has 0 aliphatic heterocycles. The number of amides is 1. The van der Waals surface area contributed by atoms with Crippen LogP contribution in [0.15, 0.2) is 76.6 Å². The summed E-state index contributed by atoms with van der Waals surface area (Å²) in [4.78, 5) is 18.1. The van der Waals surface area contributed by atoms with Crippen LogP contribution in [0.5, 0.6) is 0 Å². The van der Waals surface area contributed by atoms with Gasteiger partial charge < -0.3 is 9.84 Å². The van der Waals surface area contributed by atoms with E-state index in [2.05, 4.69) is 15.5 Å². The van der Waals surface area contributed by atoms with Crippen molar-refractivity contribution in [3.8, 4) is 11.4 Å². The number of benzene rings is 2. The normalized spacial score (nSPS) is 11.9. The van der Waals surface area contributed by atoms with E-state index < -0.39 is 6.04 Å². The highest BCUT2D eigenvalue weighted by Gasteiger charge is 2.22. The van der Waals surface area contributed by atoms with Gasteiger partial charge in [0.25, 0.3) is 0 Å². The highest BCUT2D eigenvalue weighted by Crippen LogP contribution is 2.24. The number of halogens is 1. The Morgan fingerprint density at radius 1 is 1.10 bits per heavy atom. The number of nitrogens with one attached hydrogen (secondary N) is 1. The van der Waals surface area contributed by atoms with Crippen molar-refractivity contribution < 1.29 is 9.32 Å². The number of hydrogen-bond donors (Lipinski definition) is 1. The lowest BCUT2D eigenvalue weighted by Gasteiger charge is -2.15. The molecule has 0 fully saturated rings. The van der Waals surface area contributed by atoms with Crippen LogP contribution in [0.4, 0.5) is 0 Å². The Labute approximate surface area is 177 Å². The second kappa shape index (κ2) is 9.03. The van der Waals surface area contributed by atoms with E-state index in [1.54, 1.807) is 23.5 Å². The minimum Gasteiger partial charge on any atom is -0.344 e. The van der Waals surface area contributed by atoms with Crippen molar-refractivity contribution in [1.29, 1.82) is 0 Å². The summed E-state index contributed by atoms with van der Waals surface area (Å²) in [5, 5.41) is 9.67. The molecule has 29 heavy (non-hydrogen) atoms. The van der Waals surface area contributed by atoms with Gasteiger partial charge in [-0.1, -0.05) is 65.3 Å². The van der Waals surface area contributed by atoms with E-state index in [4.69, 9.17) is 16.1 Å². The van der Waals surface area contributed by atoms with Crippen molar-refractivity contribution in [1.82, 2.24) is 15.5 Å². The van der Waals surface area contributed by atoms with Crippen LogP contribution in [0.3, 0.4) is 0 Å². The molecule has 146 valence electrons. The maximum Gasteiger partial charge on any atom is 0.249 e. The summed E-state index contributed by atoms with van der Waals surface area (Å²) in [7, 11) is 0. The zero-order valence-corrected chi connectivity index (χ0v) is 17.0. The highest BCUT2D eigenvalue weighted by molar-refractivity contribution is 7.10. The fourth-order valence-corrected chi connectivity index (χ4v) is 3.88. The first-order valence-corrected chi connectivity index (χ1v) is 10.4. The summed E-state index contributed by atoms with van der Waals surface area (Å²) < 4.78 is 5.51. The van der Waals surface area contributed by atoms with Crippen molar-refractivity contribution in [2.45, 2.75) is 18.9 Å². The number of thiophene rings is 1. The van der Waals surface area contributed by atoms with E-state index in [0.29, 0.717) is 29.6 Å². The minimum atomic E-state index is -0.426. The van der Waals surface area contributed by atoms with Crippen LogP contribution in [0.2, 0.25) is 5.02 Å². The molecule has 2 aromatic carbocycles. The number of hydrogen-bond acceptors (Lipinski definition) is 5. The molecule has 0 bridgehead atoms. The maximum atomic E-state index is 12.6. The van der Waals surface area contributed by atoms with Crippen molar-refractivity contribution in [2.75, 3.05) is 0 Å². The number of rotatable bonds is 7. The molecule has 2 heterocycles. The van der Waals surface area contributed by atoms with Gasteiger partial charge in [-0.3, -0.25) is 4.79 Å². The third-order valence-corrected chi connectivity index (χ3v) is 5.47. The molecule has 5 nitrogen and oxygen atoms in total. The van der Waals surface area contributed by atoms with Crippen LogP contribution in [-0.4, -0.2) is 16.0 Å². The zero-order chi connectivity index (χ0) is 20.1. The van der Waals surface area contributed by atoms with Crippen LogP contribution < -0.4 is 5.32 Å². The van der Waals surface area contributed by atoms with Crippen LogP contribution >= 0.6 is 22.9 Å². The van der Waals surface area contributed by atoms with Gasteiger partial charge in [-0.25, -0.2) is 0 Å². The van der Waals surface area contributed by atoms with E-state index in [1.165, 1.54) is 0 Å². The van der Waals surface area contributed by atoms with Crippen LogP contribution in [0, 0.1) is 0 Å². The molecular weight excluding hydrogens is 406 g/mol. The first-order chi connectivity index (χ1) is 14.2. The Morgan fingerprint density at radius 3 is 2.72 bits per heavy atom. The Morgan fingerprint density at radius 2 is 1.97 bits per heavy atom. The van der Waals surface area contributed by atoms with Gasteiger partial charge in [0.15, 0.2) is 0 Å².